The van der Waals surface area contributed by atoms with Gasteiger partial charge in [-0.1, -0.05) is 36.4 Å². The van der Waals surface area contributed by atoms with Crippen molar-refractivity contribution in [3.8, 4) is 0 Å². The molecular formula is C21H19N5OS. The molecule has 7 heteroatoms. The Morgan fingerprint density at radius 2 is 1.75 bits per heavy atom. The van der Waals surface area contributed by atoms with Crippen molar-refractivity contribution in [2.45, 2.75) is 20.3 Å². The van der Waals surface area contributed by atoms with Gasteiger partial charge in [0.1, 0.15) is 0 Å². The van der Waals surface area contributed by atoms with Crippen molar-refractivity contribution in [2.75, 3.05) is 10.6 Å². The highest BCUT2D eigenvalue weighted by atomic mass is 32.1. The quantitative estimate of drug-likeness (QED) is 0.520. The summed E-state index contributed by atoms with van der Waals surface area (Å²) in [5, 5.41) is 10.7. The second-order valence-corrected chi connectivity index (χ2v) is 7.35. The third kappa shape index (κ3) is 4.15. The average Bonchev–Trinajstić information content (AvgIpc) is 3.07. The molecule has 2 aromatic carbocycles. The zero-order valence-electron chi connectivity index (χ0n) is 15.6. The Hall–Kier alpha value is -3.32. The van der Waals surface area contributed by atoms with Crippen LogP contribution in [0.2, 0.25) is 0 Å². The van der Waals surface area contributed by atoms with Gasteiger partial charge in [0.2, 0.25) is 11.9 Å². The first-order valence-corrected chi connectivity index (χ1v) is 9.76. The van der Waals surface area contributed by atoms with Gasteiger partial charge >= 0.3 is 0 Å². The van der Waals surface area contributed by atoms with Gasteiger partial charge in [0, 0.05) is 27.8 Å². The Morgan fingerprint density at radius 3 is 2.57 bits per heavy atom. The summed E-state index contributed by atoms with van der Waals surface area (Å²) in [5.41, 5.74) is 3.29. The molecule has 0 saturated carbocycles. The molecule has 0 aliphatic heterocycles. The summed E-state index contributed by atoms with van der Waals surface area (Å²) in [6, 6.07) is 15.8. The van der Waals surface area contributed by atoms with E-state index in [1.165, 1.54) is 11.3 Å². The highest BCUT2D eigenvalue weighted by Crippen LogP contribution is 2.24. The second kappa shape index (κ2) is 7.74. The first kappa shape index (κ1) is 18.1. The van der Waals surface area contributed by atoms with Gasteiger partial charge in [-0.3, -0.25) is 4.79 Å². The van der Waals surface area contributed by atoms with Gasteiger partial charge in [0.15, 0.2) is 5.13 Å². The third-order valence-electron chi connectivity index (χ3n) is 4.16. The molecule has 28 heavy (non-hydrogen) atoms. The van der Waals surface area contributed by atoms with Crippen LogP contribution in [0.5, 0.6) is 0 Å². The predicted octanol–water partition coefficient (Wildman–Crippen LogP) is 4.63. The van der Waals surface area contributed by atoms with E-state index in [2.05, 4.69) is 25.6 Å². The van der Waals surface area contributed by atoms with Crippen LogP contribution in [-0.2, 0) is 11.2 Å². The van der Waals surface area contributed by atoms with Crippen LogP contribution >= 0.6 is 11.3 Å². The van der Waals surface area contributed by atoms with Gasteiger partial charge in [-0.05, 0) is 31.4 Å². The summed E-state index contributed by atoms with van der Waals surface area (Å²) in [7, 11) is 0. The number of benzene rings is 2. The summed E-state index contributed by atoms with van der Waals surface area (Å²) >= 11 is 1.42. The van der Waals surface area contributed by atoms with Crippen LogP contribution < -0.4 is 10.6 Å². The van der Waals surface area contributed by atoms with E-state index in [0.717, 1.165) is 27.8 Å². The number of carbonyl (C=O) groups excluding carboxylic acids is 1. The summed E-state index contributed by atoms with van der Waals surface area (Å²) in [5.74, 6) is 0.412. The maximum Gasteiger partial charge on any atom is 0.230 e. The summed E-state index contributed by atoms with van der Waals surface area (Å²) < 4.78 is 0. The molecule has 2 N–H and O–H groups in total. The number of thiazole rings is 1. The van der Waals surface area contributed by atoms with Crippen LogP contribution in [0.3, 0.4) is 0 Å². The van der Waals surface area contributed by atoms with Crippen molar-refractivity contribution in [1.82, 2.24) is 15.0 Å². The predicted molar refractivity (Wildman–Crippen MR) is 113 cm³/mol. The smallest absolute Gasteiger partial charge is 0.230 e. The molecule has 6 nitrogen and oxygen atoms in total. The monoisotopic (exact) mass is 389 g/mol. The molecule has 0 bridgehead atoms. The number of amides is 1. The van der Waals surface area contributed by atoms with Crippen molar-refractivity contribution in [2.24, 2.45) is 0 Å². The number of fused-ring (bicyclic) bond motifs is 1. The zero-order chi connectivity index (χ0) is 19.5. The van der Waals surface area contributed by atoms with Crippen LogP contribution in [0.1, 0.15) is 17.1 Å². The molecule has 4 rings (SSSR count). The Labute approximate surface area is 166 Å². The first-order valence-electron chi connectivity index (χ1n) is 8.88. The summed E-state index contributed by atoms with van der Waals surface area (Å²) in [4.78, 5) is 25.7. The molecule has 140 valence electrons. The third-order valence-corrected chi connectivity index (χ3v) is 4.96. The molecule has 2 aromatic heterocycles. The van der Waals surface area contributed by atoms with Crippen LogP contribution in [0.25, 0.3) is 10.8 Å². The molecule has 0 fully saturated rings. The molecule has 2 heterocycles. The Kier molecular flexibility index (Phi) is 4.99. The van der Waals surface area contributed by atoms with Gasteiger partial charge < -0.3 is 10.6 Å². The molecule has 0 unspecified atom stereocenters. The molecular weight excluding hydrogens is 370 g/mol. The van der Waals surface area contributed by atoms with Crippen LogP contribution in [0.15, 0.2) is 53.9 Å². The molecule has 0 aliphatic carbocycles. The van der Waals surface area contributed by atoms with Crippen molar-refractivity contribution in [1.29, 1.82) is 0 Å². The summed E-state index contributed by atoms with van der Waals surface area (Å²) in [6.45, 7) is 3.84. The van der Waals surface area contributed by atoms with Gasteiger partial charge in [-0.25, -0.2) is 15.0 Å². The number of anilines is 3. The minimum atomic E-state index is -0.101. The van der Waals surface area contributed by atoms with Crippen LogP contribution in [0.4, 0.5) is 16.8 Å². The minimum Gasteiger partial charge on any atom is -0.325 e. The molecule has 0 aliphatic rings. The van der Waals surface area contributed by atoms with Gasteiger partial charge in [-0.2, -0.15) is 0 Å². The highest BCUT2D eigenvalue weighted by Gasteiger charge is 2.11. The lowest BCUT2D eigenvalue weighted by Gasteiger charge is -2.08. The number of nitrogens with zero attached hydrogens (tertiary/aromatic N) is 3. The number of carbonyl (C=O) groups is 1. The van der Waals surface area contributed by atoms with Crippen molar-refractivity contribution in [3.63, 3.8) is 0 Å². The van der Waals surface area contributed by atoms with Crippen molar-refractivity contribution in [3.05, 3.63) is 71.0 Å². The summed E-state index contributed by atoms with van der Waals surface area (Å²) in [6.07, 6.45) is 0.203. The number of aryl methyl sites for hydroxylation is 2. The molecule has 0 spiro atoms. The lowest BCUT2D eigenvalue weighted by molar-refractivity contribution is -0.115. The van der Waals surface area contributed by atoms with Crippen molar-refractivity contribution < 1.29 is 4.79 Å². The number of hydrogen-bond donors (Lipinski definition) is 2. The van der Waals surface area contributed by atoms with Crippen LogP contribution in [0, 0.1) is 13.8 Å². The normalized spacial score (nSPS) is 10.8. The van der Waals surface area contributed by atoms with Crippen LogP contribution in [-0.4, -0.2) is 20.9 Å². The zero-order valence-corrected chi connectivity index (χ0v) is 16.4. The van der Waals surface area contributed by atoms with E-state index >= 15 is 0 Å². The maximum absolute atomic E-state index is 12.5. The fraction of sp³-hybridized carbons (Fsp3) is 0.143. The number of rotatable bonds is 5. The number of aromatic nitrogens is 3. The minimum absolute atomic E-state index is 0.101. The van der Waals surface area contributed by atoms with E-state index in [-0.39, 0.29) is 12.3 Å². The Balaban J connectivity index is 1.44. The van der Waals surface area contributed by atoms with E-state index in [0.29, 0.717) is 16.8 Å². The Morgan fingerprint density at radius 1 is 1.00 bits per heavy atom. The molecule has 0 radical (unpaired) electrons. The second-order valence-electron chi connectivity index (χ2n) is 6.49. The fourth-order valence-electron chi connectivity index (χ4n) is 3.02. The van der Waals surface area contributed by atoms with E-state index < -0.39 is 0 Å². The molecule has 4 aromatic rings. The largest absolute Gasteiger partial charge is 0.325 e. The van der Waals surface area contributed by atoms with Gasteiger partial charge in [0.05, 0.1) is 12.1 Å². The van der Waals surface area contributed by atoms with E-state index in [4.69, 9.17) is 0 Å². The first-order chi connectivity index (χ1) is 13.6. The van der Waals surface area contributed by atoms with E-state index in [1.807, 2.05) is 67.8 Å². The molecule has 0 saturated heterocycles. The number of nitrogens with one attached hydrogen (secondary N) is 2. The fourth-order valence-corrected chi connectivity index (χ4v) is 3.72. The van der Waals surface area contributed by atoms with Crippen molar-refractivity contribution >= 4 is 44.8 Å². The average molecular weight is 389 g/mol. The topological polar surface area (TPSA) is 79.8 Å². The van der Waals surface area contributed by atoms with E-state index in [9.17, 15) is 4.79 Å². The SMILES string of the molecule is Cc1cc(C)nc(Nc2nc(CC(=O)Nc3cccc4ccccc34)cs2)n1. The maximum atomic E-state index is 12.5. The highest BCUT2D eigenvalue weighted by molar-refractivity contribution is 7.13. The number of hydrogen-bond acceptors (Lipinski definition) is 6. The standard InChI is InChI=1S/C21H19N5OS/c1-13-10-14(2)23-20(22-13)26-21-24-16(12-28-21)11-19(27)25-18-9-5-7-15-6-3-4-8-17(15)18/h3-10,12H,11H2,1-2H3,(H,25,27)(H,22,23,24,26). The Bertz CT molecular complexity index is 1130. The molecule has 0 atom stereocenters. The van der Waals surface area contributed by atoms with Gasteiger partial charge in [0.25, 0.3) is 0 Å². The lowest BCUT2D eigenvalue weighted by atomic mass is 10.1. The molecule has 1 amide bonds. The lowest BCUT2D eigenvalue weighted by Crippen LogP contribution is -2.14. The van der Waals surface area contributed by atoms with Gasteiger partial charge in [-0.15, -0.1) is 11.3 Å². The van der Waals surface area contributed by atoms with E-state index in [1.54, 1.807) is 0 Å².